The molecule has 0 saturated carbocycles. The first kappa shape index (κ1) is 12.5. The van der Waals surface area contributed by atoms with E-state index in [9.17, 15) is 4.79 Å². The maximum Gasteiger partial charge on any atom is 0.427 e. The number of hydrogen-bond acceptors (Lipinski definition) is 3. The lowest BCUT2D eigenvalue weighted by Gasteiger charge is -2.22. The summed E-state index contributed by atoms with van der Waals surface area (Å²) >= 11 is 0. The van der Waals surface area contributed by atoms with Crippen LogP contribution >= 0.6 is 0 Å². The number of nitrogens with zero attached hydrogens (tertiary/aromatic N) is 1. The summed E-state index contributed by atoms with van der Waals surface area (Å²) in [6.45, 7) is 7.96. The van der Waals surface area contributed by atoms with E-state index in [0.29, 0.717) is 5.92 Å². The van der Waals surface area contributed by atoms with Crippen molar-refractivity contribution in [3.63, 3.8) is 0 Å². The van der Waals surface area contributed by atoms with Crippen LogP contribution < -0.4 is 5.43 Å². The van der Waals surface area contributed by atoms with E-state index >= 15 is 0 Å². The van der Waals surface area contributed by atoms with Crippen LogP contribution in [0.1, 0.15) is 26.7 Å². The molecule has 1 amide bonds. The number of methoxy groups -OCH3 is 1. The summed E-state index contributed by atoms with van der Waals surface area (Å²) in [6, 6.07) is 0. The Kier molecular flexibility index (Phi) is 4.28. The van der Waals surface area contributed by atoms with Gasteiger partial charge in [0.25, 0.3) is 0 Å². The Bertz CT molecular complexity index is 356. The molecule has 0 aromatic carbocycles. The molecule has 4 heteroatoms. The van der Waals surface area contributed by atoms with Crippen molar-refractivity contribution in [3.05, 3.63) is 23.8 Å². The summed E-state index contributed by atoms with van der Waals surface area (Å²) in [5.41, 5.74) is 5.49. The van der Waals surface area contributed by atoms with Gasteiger partial charge in [0.1, 0.15) is 0 Å². The Morgan fingerprint density at radius 3 is 2.94 bits per heavy atom. The molecule has 1 N–H and O–H groups in total. The van der Waals surface area contributed by atoms with Gasteiger partial charge in [0, 0.05) is 0 Å². The SMILES string of the molecule is C=C(C)C1CC=C(C)/C(=N\NC(=O)OC)C1. The third kappa shape index (κ3) is 3.22. The van der Waals surface area contributed by atoms with E-state index in [1.165, 1.54) is 7.11 Å². The summed E-state index contributed by atoms with van der Waals surface area (Å²) < 4.78 is 4.46. The molecular formula is C12H18N2O2. The predicted molar refractivity (Wildman–Crippen MR) is 64.3 cm³/mol. The summed E-state index contributed by atoms with van der Waals surface area (Å²) in [7, 11) is 1.32. The molecule has 0 radical (unpaired) electrons. The fourth-order valence-corrected chi connectivity index (χ4v) is 1.58. The maximum absolute atomic E-state index is 10.9. The monoisotopic (exact) mass is 222 g/mol. The van der Waals surface area contributed by atoms with Gasteiger partial charge in [-0.05, 0) is 38.2 Å². The normalized spacial score (nSPS) is 22.6. The number of carbonyl (C=O) groups is 1. The predicted octanol–water partition coefficient (Wildman–Crippen LogP) is 2.63. The lowest BCUT2D eigenvalue weighted by Crippen LogP contribution is -2.22. The largest absolute Gasteiger partial charge is 0.452 e. The highest BCUT2D eigenvalue weighted by Crippen LogP contribution is 2.26. The molecule has 0 aromatic rings. The molecule has 1 rings (SSSR count). The molecule has 0 heterocycles. The van der Waals surface area contributed by atoms with Crippen LogP contribution in [0.25, 0.3) is 0 Å². The van der Waals surface area contributed by atoms with E-state index in [1.54, 1.807) is 0 Å². The van der Waals surface area contributed by atoms with E-state index in [1.807, 2.05) is 13.8 Å². The number of amides is 1. The molecule has 0 fully saturated rings. The number of carbonyl (C=O) groups excluding carboxylic acids is 1. The molecule has 1 aliphatic carbocycles. The highest BCUT2D eigenvalue weighted by Gasteiger charge is 2.18. The van der Waals surface area contributed by atoms with Crippen molar-refractivity contribution in [1.29, 1.82) is 0 Å². The summed E-state index contributed by atoms with van der Waals surface area (Å²) in [6.07, 6.45) is 3.40. The first-order chi connectivity index (χ1) is 7.54. The molecule has 0 aliphatic heterocycles. The van der Waals surface area contributed by atoms with Crippen LogP contribution in [0.2, 0.25) is 0 Å². The van der Waals surface area contributed by atoms with Crippen molar-refractivity contribution < 1.29 is 9.53 Å². The highest BCUT2D eigenvalue weighted by atomic mass is 16.5. The van der Waals surface area contributed by atoms with E-state index in [-0.39, 0.29) is 0 Å². The Balaban J connectivity index is 2.71. The smallest absolute Gasteiger partial charge is 0.427 e. The van der Waals surface area contributed by atoms with Gasteiger partial charge in [0.2, 0.25) is 0 Å². The van der Waals surface area contributed by atoms with E-state index < -0.39 is 6.09 Å². The average Bonchev–Trinajstić information content (AvgIpc) is 2.27. The van der Waals surface area contributed by atoms with Gasteiger partial charge in [-0.2, -0.15) is 5.10 Å². The summed E-state index contributed by atoms with van der Waals surface area (Å²) in [5.74, 6) is 0.418. The molecule has 88 valence electrons. The third-order valence-electron chi connectivity index (χ3n) is 2.77. The van der Waals surface area contributed by atoms with Gasteiger partial charge in [-0.25, -0.2) is 10.2 Å². The summed E-state index contributed by atoms with van der Waals surface area (Å²) in [5, 5.41) is 4.05. The lowest BCUT2D eigenvalue weighted by atomic mass is 9.85. The Hall–Kier alpha value is -1.58. The van der Waals surface area contributed by atoms with Crippen molar-refractivity contribution in [1.82, 2.24) is 5.43 Å². The molecule has 0 spiro atoms. The second-order valence-corrected chi connectivity index (χ2v) is 4.03. The second kappa shape index (κ2) is 5.49. The second-order valence-electron chi connectivity index (χ2n) is 4.03. The van der Waals surface area contributed by atoms with Crippen LogP contribution in [0.5, 0.6) is 0 Å². The van der Waals surface area contributed by atoms with Crippen molar-refractivity contribution in [2.75, 3.05) is 7.11 Å². The number of ether oxygens (including phenoxy) is 1. The van der Waals surface area contributed by atoms with E-state index in [4.69, 9.17) is 0 Å². The van der Waals surface area contributed by atoms with E-state index in [0.717, 1.165) is 29.7 Å². The quantitative estimate of drug-likeness (QED) is 0.576. The zero-order valence-corrected chi connectivity index (χ0v) is 10.0. The fourth-order valence-electron chi connectivity index (χ4n) is 1.58. The third-order valence-corrected chi connectivity index (χ3v) is 2.77. The maximum atomic E-state index is 10.9. The highest BCUT2D eigenvalue weighted by molar-refractivity contribution is 6.01. The fraction of sp³-hybridized carbons (Fsp3) is 0.500. The van der Waals surface area contributed by atoms with Crippen LogP contribution in [0, 0.1) is 5.92 Å². The molecular weight excluding hydrogens is 204 g/mol. The molecule has 1 atom stereocenters. The van der Waals surface area contributed by atoms with Crippen LogP contribution in [0.15, 0.2) is 28.9 Å². The number of hydrazone groups is 1. The van der Waals surface area contributed by atoms with Crippen LogP contribution in [0.3, 0.4) is 0 Å². The van der Waals surface area contributed by atoms with Crippen molar-refractivity contribution in [2.45, 2.75) is 26.7 Å². The van der Waals surface area contributed by atoms with Crippen LogP contribution in [-0.2, 0) is 4.74 Å². The molecule has 1 aliphatic rings. The minimum absolute atomic E-state index is 0.418. The zero-order valence-electron chi connectivity index (χ0n) is 10.0. The number of allylic oxidation sites excluding steroid dienone is 3. The first-order valence-corrected chi connectivity index (χ1v) is 5.27. The number of nitrogens with one attached hydrogen (secondary N) is 1. The molecule has 16 heavy (non-hydrogen) atoms. The standard InChI is InChI=1S/C12H18N2O2/c1-8(2)10-6-5-9(3)11(7-10)13-14-12(15)16-4/h5,10H,1,6-7H2,2-4H3,(H,14,15)/b13-11-. The lowest BCUT2D eigenvalue weighted by molar-refractivity contribution is 0.171. The van der Waals surface area contributed by atoms with Crippen molar-refractivity contribution in [2.24, 2.45) is 11.0 Å². The Morgan fingerprint density at radius 1 is 1.69 bits per heavy atom. The molecule has 1 unspecified atom stereocenters. The number of rotatable bonds is 2. The Morgan fingerprint density at radius 2 is 2.38 bits per heavy atom. The van der Waals surface area contributed by atoms with Gasteiger partial charge in [-0.15, -0.1) is 0 Å². The minimum atomic E-state index is -0.544. The van der Waals surface area contributed by atoms with Crippen molar-refractivity contribution >= 4 is 11.8 Å². The molecule has 4 nitrogen and oxygen atoms in total. The van der Waals surface area contributed by atoms with Gasteiger partial charge in [-0.1, -0.05) is 18.2 Å². The minimum Gasteiger partial charge on any atom is -0.452 e. The van der Waals surface area contributed by atoms with Gasteiger partial charge in [-0.3, -0.25) is 0 Å². The first-order valence-electron chi connectivity index (χ1n) is 5.27. The molecule has 0 aromatic heterocycles. The van der Waals surface area contributed by atoms with Crippen molar-refractivity contribution in [3.8, 4) is 0 Å². The Labute approximate surface area is 96.1 Å². The van der Waals surface area contributed by atoms with Gasteiger partial charge in [0.15, 0.2) is 0 Å². The average molecular weight is 222 g/mol. The van der Waals surface area contributed by atoms with E-state index in [2.05, 4.69) is 27.9 Å². The van der Waals surface area contributed by atoms with Gasteiger partial charge < -0.3 is 4.74 Å². The van der Waals surface area contributed by atoms with Crippen LogP contribution in [-0.4, -0.2) is 18.9 Å². The van der Waals surface area contributed by atoms with Gasteiger partial charge in [0.05, 0.1) is 12.8 Å². The molecule has 0 saturated heterocycles. The number of hydrogen-bond donors (Lipinski definition) is 1. The topological polar surface area (TPSA) is 50.7 Å². The van der Waals surface area contributed by atoms with Crippen LogP contribution in [0.4, 0.5) is 4.79 Å². The summed E-state index contributed by atoms with van der Waals surface area (Å²) in [4.78, 5) is 10.9. The zero-order chi connectivity index (χ0) is 12.1. The van der Waals surface area contributed by atoms with Gasteiger partial charge >= 0.3 is 6.09 Å². The molecule has 0 bridgehead atoms.